The average molecular weight is 416 g/mol. The van der Waals surface area contributed by atoms with Crippen LogP contribution in [0.3, 0.4) is 0 Å². The predicted octanol–water partition coefficient (Wildman–Crippen LogP) is 3.32. The SMILES string of the molecule is COc1ccc(F)c(B(c2cc(F)cc(F)c2F)c2cc(F)cc(F)c2F)c1F. The summed E-state index contributed by atoms with van der Waals surface area (Å²) >= 11 is 0. The van der Waals surface area contributed by atoms with Crippen molar-refractivity contribution in [1.82, 2.24) is 0 Å². The number of methoxy groups -OCH3 is 1. The molecule has 3 rings (SSSR count). The Balaban J connectivity index is 2.46. The second-order valence-corrected chi connectivity index (χ2v) is 5.99. The zero-order chi connectivity index (χ0) is 21.5. The van der Waals surface area contributed by atoms with Crippen molar-refractivity contribution < 1.29 is 39.9 Å². The van der Waals surface area contributed by atoms with E-state index >= 15 is 0 Å². The molecule has 3 aromatic rings. The Labute approximate surface area is 159 Å². The van der Waals surface area contributed by atoms with E-state index in [1.807, 2.05) is 0 Å². The van der Waals surface area contributed by atoms with Gasteiger partial charge < -0.3 is 4.74 Å². The van der Waals surface area contributed by atoms with Crippen LogP contribution in [0.1, 0.15) is 0 Å². The molecule has 0 bridgehead atoms. The monoisotopic (exact) mass is 416 g/mol. The summed E-state index contributed by atoms with van der Waals surface area (Å²) in [5, 5.41) is 0. The fourth-order valence-electron chi connectivity index (χ4n) is 3.02. The second kappa shape index (κ2) is 7.77. The molecule has 0 aliphatic rings. The maximum atomic E-state index is 14.8. The summed E-state index contributed by atoms with van der Waals surface area (Å²) in [7, 11) is 1.01. The van der Waals surface area contributed by atoms with Crippen LogP contribution in [0.25, 0.3) is 0 Å². The minimum atomic E-state index is -2.28. The Hall–Kier alpha value is -3.04. The molecule has 10 heteroatoms. The van der Waals surface area contributed by atoms with Gasteiger partial charge in [0, 0.05) is 17.6 Å². The summed E-state index contributed by atoms with van der Waals surface area (Å²) in [5.74, 6) is -13.2. The third kappa shape index (κ3) is 3.66. The van der Waals surface area contributed by atoms with Gasteiger partial charge in [-0.1, -0.05) is 0 Å². The van der Waals surface area contributed by atoms with Gasteiger partial charge in [-0.05, 0) is 35.2 Å². The second-order valence-electron chi connectivity index (χ2n) is 5.99. The first kappa shape index (κ1) is 20.7. The van der Waals surface area contributed by atoms with Crippen LogP contribution in [-0.4, -0.2) is 13.8 Å². The molecule has 0 aromatic heterocycles. The number of halogens is 8. The standard InChI is InChI=1S/C19H9BF8O/c1-29-15-3-2-12(23)16(19(15)28)20(10-4-8(21)6-13(24)17(10)26)11-5-9(22)7-14(25)18(11)27/h2-7H,1H3. The Morgan fingerprint density at radius 1 is 0.621 bits per heavy atom. The van der Waals surface area contributed by atoms with Gasteiger partial charge >= 0.3 is 0 Å². The quantitative estimate of drug-likeness (QED) is 0.361. The lowest BCUT2D eigenvalue weighted by molar-refractivity contribution is 0.386. The van der Waals surface area contributed by atoms with Crippen molar-refractivity contribution in [2.24, 2.45) is 0 Å². The van der Waals surface area contributed by atoms with Gasteiger partial charge in [-0.15, -0.1) is 0 Å². The largest absolute Gasteiger partial charge is 0.494 e. The zero-order valence-electron chi connectivity index (χ0n) is 14.5. The molecule has 0 amide bonds. The normalized spacial score (nSPS) is 10.9. The van der Waals surface area contributed by atoms with E-state index in [4.69, 9.17) is 4.74 Å². The van der Waals surface area contributed by atoms with E-state index in [2.05, 4.69) is 0 Å². The third-order valence-electron chi connectivity index (χ3n) is 4.26. The molecular weight excluding hydrogens is 407 g/mol. The van der Waals surface area contributed by atoms with Crippen molar-refractivity contribution in [3.8, 4) is 5.75 Å². The van der Waals surface area contributed by atoms with Crippen LogP contribution >= 0.6 is 0 Å². The molecule has 0 aliphatic heterocycles. The zero-order valence-corrected chi connectivity index (χ0v) is 14.5. The Morgan fingerprint density at radius 3 is 1.55 bits per heavy atom. The van der Waals surface area contributed by atoms with Crippen LogP contribution in [-0.2, 0) is 0 Å². The highest BCUT2D eigenvalue weighted by molar-refractivity contribution is 6.95. The minimum Gasteiger partial charge on any atom is -0.494 e. The molecule has 0 N–H and O–H groups in total. The van der Waals surface area contributed by atoms with E-state index in [1.54, 1.807) is 0 Å². The van der Waals surface area contributed by atoms with E-state index in [1.165, 1.54) is 0 Å². The van der Waals surface area contributed by atoms with E-state index in [9.17, 15) is 35.1 Å². The van der Waals surface area contributed by atoms with Gasteiger partial charge in [-0.2, -0.15) is 0 Å². The van der Waals surface area contributed by atoms with Gasteiger partial charge in [-0.25, -0.2) is 35.1 Å². The number of ether oxygens (including phenoxy) is 1. The number of hydrogen-bond donors (Lipinski definition) is 0. The molecule has 0 saturated heterocycles. The van der Waals surface area contributed by atoms with Crippen molar-refractivity contribution >= 4 is 23.1 Å². The lowest BCUT2D eigenvalue weighted by Gasteiger charge is -2.20. The summed E-state index contributed by atoms with van der Waals surface area (Å²) in [6.45, 7) is -2.28. The van der Waals surface area contributed by atoms with Crippen LogP contribution in [0.15, 0.2) is 36.4 Å². The number of rotatable bonds is 4. The molecule has 1 nitrogen and oxygen atoms in total. The van der Waals surface area contributed by atoms with E-state index in [-0.39, 0.29) is 12.1 Å². The van der Waals surface area contributed by atoms with E-state index < -0.39 is 75.4 Å². The molecule has 0 radical (unpaired) electrons. The van der Waals surface area contributed by atoms with Gasteiger partial charge in [0.15, 0.2) is 34.8 Å². The van der Waals surface area contributed by atoms with Crippen molar-refractivity contribution in [1.29, 1.82) is 0 Å². The van der Waals surface area contributed by atoms with Gasteiger partial charge in [0.05, 0.1) is 7.11 Å². The lowest BCUT2D eigenvalue weighted by Crippen LogP contribution is -2.57. The molecule has 0 aliphatic carbocycles. The number of benzene rings is 3. The molecule has 150 valence electrons. The molecule has 0 spiro atoms. The van der Waals surface area contributed by atoms with Crippen molar-refractivity contribution in [3.05, 3.63) is 82.9 Å². The van der Waals surface area contributed by atoms with Crippen LogP contribution < -0.4 is 21.1 Å². The Bertz CT molecular complexity index is 1040. The van der Waals surface area contributed by atoms with Gasteiger partial charge in [0.25, 0.3) is 6.71 Å². The average Bonchev–Trinajstić information content (AvgIpc) is 2.65. The molecule has 0 heterocycles. The first-order valence-corrected chi connectivity index (χ1v) is 7.96. The molecule has 3 aromatic carbocycles. The van der Waals surface area contributed by atoms with Crippen LogP contribution in [0.5, 0.6) is 5.75 Å². The lowest BCUT2D eigenvalue weighted by atomic mass is 9.36. The summed E-state index contributed by atoms with van der Waals surface area (Å²) in [5.41, 5.74) is -3.26. The van der Waals surface area contributed by atoms with E-state index in [0.717, 1.165) is 13.2 Å². The van der Waals surface area contributed by atoms with Crippen molar-refractivity contribution in [2.75, 3.05) is 7.11 Å². The number of hydrogen-bond acceptors (Lipinski definition) is 1. The van der Waals surface area contributed by atoms with Crippen LogP contribution in [0, 0.1) is 46.5 Å². The summed E-state index contributed by atoms with van der Waals surface area (Å²) in [6.07, 6.45) is 0. The maximum absolute atomic E-state index is 14.8. The Kier molecular flexibility index (Phi) is 5.54. The van der Waals surface area contributed by atoms with Crippen molar-refractivity contribution in [2.45, 2.75) is 0 Å². The molecular formula is C19H9BF8O. The van der Waals surface area contributed by atoms with E-state index in [0.29, 0.717) is 18.2 Å². The highest BCUT2D eigenvalue weighted by Crippen LogP contribution is 2.18. The first-order valence-electron chi connectivity index (χ1n) is 7.96. The molecule has 29 heavy (non-hydrogen) atoms. The predicted molar refractivity (Wildman–Crippen MR) is 90.2 cm³/mol. The summed E-state index contributed by atoms with van der Waals surface area (Å²) in [6, 6.07) is 2.53. The summed E-state index contributed by atoms with van der Waals surface area (Å²) < 4.78 is 118. The highest BCUT2D eigenvalue weighted by atomic mass is 19.2. The molecule has 0 saturated carbocycles. The topological polar surface area (TPSA) is 9.23 Å². The fourth-order valence-corrected chi connectivity index (χ4v) is 3.02. The van der Waals surface area contributed by atoms with Gasteiger partial charge in [0.2, 0.25) is 0 Å². The molecule has 0 atom stereocenters. The van der Waals surface area contributed by atoms with Crippen LogP contribution in [0.2, 0.25) is 0 Å². The first-order chi connectivity index (χ1) is 13.6. The molecule has 0 unspecified atom stereocenters. The third-order valence-corrected chi connectivity index (χ3v) is 4.26. The Morgan fingerprint density at radius 2 is 1.10 bits per heavy atom. The van der Waals surface area contributed by atoms with Crippen molar-refractivity contribution in [3.63, 3.8) is 0 Å². The minimum absolute atomic E-state index is 0.150. The highest BCUT2D eigenvalue weighted by Gasteiger charge is 2.36. The fraction of sp³-hybridized carbons (Fsp3) is 0.0526. The van der Waals surface area contributed by atoms with Gasteiger partial charge in [-0.3, -0.25) is 0 Å². The molecule has 0 fully saturated rings. The summed E-state index contributed by atoms with van der Waals surface area (Å²) in [4.78, 5) is 0. The maximum Gasteiger partial charge on any atom is 0.257 e. The van der Waals surface area contributed by atoms with Gasteiger partial charge in [0.1, 0.15) is 17.5 Å². The smallest absolute Gasteiger partial charge is 0.257 e. The van der Waals surface area contributed by atoms with Crippen LogP contribution in [0.4, 0.5) is 35.1 Å².